The van der Waals surface area contributed by atoms with E-state index in [1.807, 2.05) is 0 Å². The molecule has 0 spiro atoms. The highest BCUT2D eigenvalue weighted by Crippen LogP contribution is 2.39. The molecule has 0 rings (SSSR count). The Morgan fingerprint density at radius 2 is 1.42 bits per heavy atom. The van der Waals surface area contributed by atoms with Crippen LogP contribution >= 0.6 is 0 Å². The van der Waals surface area contributed by atoms with Crippen LogP contribution in [0.4, 0.5) is 0 Å². The number of hydrogen-bond acceptors (Lipinski definition) is 10. The molecule has 0 aromatic carbocycles. The molecule has 10 heteroatoms. The van der Waals surface area contributed by atoms with Crippen molar-refractivity contribution in [2.24, 2.45) is 0 Å². The zero-order valence-corrected chi connectivity index (χ0v) is 12.4. The summed E-state index contributed by atoms with van der Waals surface area (Å²) in [6, 6.07) is 0. The molecular formula is C14H20O10. The molecule has 10 nitrogen and oxygen atoms in total. The molecule has 0 aromatic heterocycles. The molecule has 0 saturated heterocycles. The normalized spacial score (nSPS) is 22.2. The molecule has 0 radical (unpaired) electrons. The third-order valence-electron chi connectivity index (χ3n) is 3.54. The molecule has 0 fully saturated rings. The van der Waals surface area contributed by atoms with E-state index in [4.69, 9.17) is 10.6 Å². The minimum Gasteiger partial charge on any atom is -0.394 e. The van der Waals surface area contributed by atoms with Crippen molar-refractivity contribution in [3.8, 4) is 0 Å². The fourth-order valence-electron chi connectivity index (χ4n) is 2.15. The molecule has 0 bridgehead atoms. The standard InChI is InChI=1S/C14H20O10/c1-6(16)11(21)13(23,8(3)18)14(24,9(4)19)12(22,7(2)17)10(20)5-15/h10,15,20,22-24H,5H2,1-4H3/t10-,12+,13+,14+/m1/s1/i1D,2D,3D,4D. The van der Waals surface area contributed by atoms with Gasteiger partial charge in [-0.1, -0.05) is 0 Å². The van der Waals surface area contributed by atoms with Gasteiger partial charge in [-0.25, -0.2) is 0 Å². The van der Waals surface area contributed by atoms with Gasteiger partial charge in [-0.05, 0) is 20.7 Å². The highest BCUT2D eigenvalue weighted by Gasteiger charge is 2.74. The zero-order chi connectivity index (χ0) is 22.5. The fourth-order valence-corrected chi connectivity index (χ4v) is 2.15. The highest BCUT2D eigenvalue weighted by atomic mass is 16.4. The van der Waals surface area contributed by atoms with Gasteiger partial charge >= 0.3 is 0 Å². The van der Waals surface area contributed by atoms with Crippen LogP contribution in [0.5, 0.6) is 0 Å². The Labute approximate surface area is 142 Å². The first-order valence-electron chi connectivity index (χ1n) is 8.96. The molecule has 0 unspecified atom stereocenters. The van der Waals surface area contributed by atoms with Crippen molar-refractivity contribution < 1.29 is 55.0 Å². The van der Waals surface area contributed by atoms with Gasteiger partial charge in [-0.2, -0.15) is 0 Å². The summed E-state index contributed by atoms with van der Waals surface area (Å²) >= 11 is 0. The van der Waals surface area contributed by atoms with Crippen molar-refractivity contribution in [3.05, 3.63) is 0 Å². The van der Waals surface area contributed by atoms with Gasteiger partial charge in [0.2, 0.25) is 17.0 Å². The SMILES string of the molecule is [2H]CC(=O)C(=O)[C@@](O)(C(=O)C[2H])[C@](O)(C(=O)C[2H])[C@](O)(C(=O)C[2H])[C@H](O)CO. The average Bonchev–Trinajstić information content (AvgIpc) is 2.72. The van der Waals surface area contributed by atoms with Crippen LogP contribution in [0.25, 0.3) is 0 Å². The smallest absolute Gasteiger partial charge is 0.240 e. The lowest BCUT2D eigenvalue weighted by atomic mass is 9.61. The third-order valence-corrected chi connectivity index (χ3v) is 3.54. The second-order valence-corrected chi connectivity index (χ2v) is 4.91. The van der Waals surface area contributed by atoms with Crippen molar-refractivity contribution in [2.45, 2.75) is 50.5 Å². The van der Waals surface area contributed by atoms with E-state index in [9.17, 15) is 44.4 Å². The maximum atomic E-state index is 12.3. The quantitative estimate of drug-likeness (QED) is 0.205. The average molecular weight is 352 g/mol. The minimum atomic E-state index is -4.43. The summed E-state index contributed by atoms with van der Waals surface area (Å²) in [6.45, 7) is -7.71. The first-order chi connectivity index (χ1) is 12.8. The van der Waals surface area contributed by atoms with Crippen LogP contribution in [-0.2, 0) is 24.0 Å². The number of rotatable bonds is 9. The van der Waals surface area contributed by atoms with E-state index in [2.05, 4.69) is 0 Å². The molecule has 4 atom stereocenters. The van der Waals surface area contributed by atoms with Crippen molar-refractivity contribution in [2.75, 3.05) is 6.61 Å². The lowest BCUT2D eigenvalue weighted by Crippen LogP contribution is -2.81. The summed E-state index contributed by atoms with van der Waals surface area (Å²) in [6.07, 6.45) is -2.87. The summed E-state index contributed by atoms with van der Waals surface area (Å²) in [4.78, 5) is 60.6. The fraction of sp³-hybridized carbons (Fsp3) is 0.643. The third kappa shape index (κ3) is 2.72. The summed E-state index contributed by atoms with van der Waals surface area (Å²) in [5.41, 5.74) is -12.9. The van der Waals surface area contributed by atoms with Gasteiger partial charge in [0, 0.05) is 12.4 Å². The predicted molar refractivity (Wildman–Crippen MR) is 75.7 cm³/mol. The van der Waals surface area contributed by atoms with Crippen LogP contribution in [-0.4, -0.2) is 84.0 Å². The van der Waals surface area contributed by atoms with Gasteiger partial charge in [0.1, 0.15) is 6.10 Å². The molecule has 136 valence electrons. The Morgan fingerprint density at radius 1 is 0.917 bits per heavy atom. The van der Waals surface area contributed by atoms with E-state index in [0.717, 1.165) is 0 Å². The van der Waals surface area contributed by atoms with Crippen LogP contribution in [0.2, 0.25) is 0 Å². The lowest BCUT2D eigenvalue weighted by molar-refractivity contribution is -0.246. The first-order valence-corrected chi connectivity index (χ1v) is 6.13. The van der Waals surface area contributed by atoms with Crippen molar-refractivity contribution in [1.82, 2.24) is 0 Å². The number of hydrogen-bond donors (Lipinski definition) is 5. The van der Waals surface area contributed by atoms with Crippen LogP contribution in [0, 0.1) is 0 Å². The Morgan fingerprint density at radius 3 is 1.79 bits per heavy atom. The van der Waals surface area contributed by atoms with Gasteiger partial charge in [-0.3, -0.25) is 24.0 Å². The Kier molecular flexibility index (Phi) is 4.54. The van der Waals surface area contributed by atoms with E-state index < -0.39 is 86.0 Å². The molecule has 0 heterocycles. The molecule has 0 aromatic rings. The van der Waals surface area contributed by atoms with Crippen LogP contribution in [0.1, 0.15) is 33.1 Å². The van der Waals surface area contributed by atoms with E-state index in [1.54, 1.807) is 0 Å². The molecular weight excluding hydrogens is 328 g/mol. The Balaban J connectivity index is 7.42. The summed E-state index contributed by atoms with van der Waals surface area (Å²) in [5.74, 6) is -10.4. The first kappa shape index (κ1) is 15.7. The lowest BCUT2D eigenvalue weighted by Gasteiger charge is -2.48. The Bertz CT molecular complexity index is 671. The van der Waals surface area contributed by atoms with Gasteiger partial charge < -0.3 is 25.5 Å². The van der Waals surface area contributed by atoms with E-state index in [-0.39, 0.29) is 0 Å². The summed E-state index contributed by atoms with van der Waals surface area (Å²) < 4.78 is 28.0. The van der Waals surface area contributed by atoms with Crippen LogP contribution < -0.4 is 0 Å². The summed E-state index contributed by atoms with van der Waals surface area (Å²) in [5, 5.41) is 51.1. The van der Waals surface area contributed by atoms with Crippen LogP contribution in [0.3, 0.4) is 0 Å². The Hall–Kier alpha value is -1.85. The molecule has 0 aliphatic heterocycles. The van der Waals surface area contributed by atoms with Crippen LogP contribution in [0.15, 0.2) is 0 Å². The van der Waals surface area contributed by atoms with Crippen molar-refractivity contribution in [3.63, 3.8) is 0 Å². The highest BCUT2D eigenvalue weighted by molar-refractivity contribution is 6.45. The maximum Gasteiger partial charge on any atom is 0.240 e. The van der Waals surface area contributed by atoms with Gasteiger partial charge in [0.25, 0.3) is 0 Å². The largest absolute Gasteiger partial charge is 0.394 e. The van der Waals surface area contributed by atoms with E-state index >= 15 is 0 Å². The molecule has 0 amide bonds. The second kappa shape index (κ2) is 6.95. The summed E-state index contributed by atoms with van der Waals surface area (Å²) in [7, 11) is 0. The number of aliphatic hydroxyl groups is 5. The zero-order valence-electron chi connectivity index (χ0n) is 16.4. The van der Waals surface area contributed by atoms with E-state index in [0.29, 0.717) is 0 Å². The second-order valence-electron chi connectivity index (χ2n) is 4.91. The van der Waals surface area contributed by atoms with E-state index in [1.165, 1.54) is 0 Å². The van der Waals surface area contributed by atoms with Gasteiger partial charge in [0.15, 0.2) is 28.7 Å². The maximum absolute atomic E-state index is 12.3. The number of carbonyl (C=O) groups excluding carboxylic acids is 5. The molecule has 5 N–H and O–H groups in total. The molecule has 0 aliphatic carbocycles. The number of carbonyl (C=O) groups is 5. The van der Waals surface area contributed by atoms with Gasteiger partial charge in [-0.15, -0.1) is 0 Å². The topological polar surface area (TPSA) is 186 Å². The predicted octanol–water partition coefficient (Wildman–Crippen LogP) is -3.54. The number of Topliss-reactive ketones (excluding diaryl/α,β-unsaturated/α-hetero) is 5. The van der Waals surface area contributed by atoms with Crippen molar-refractivity contribution in [1.29, 1.82) is 0 Å². The minimum absolute atomic E-state index is 1.41. The number of aliphatic hydroxyl groups excluding tert-OH is 2. The van der Waals surface area contributed by atoms with Gasteiger partial charge in [0.05, 0.1) is 6.61 Å². The number of ketones is 5. The molecule has 0 saturated carbocycles. The monoisotopic (exact) mass is 352 g/mol. The van der Waals surface area contributed by atoms with Crippen molar-refractivity contribution >= 4 is 28.9 Å². The molecule has 0 aliphatic rings. The molecule has 24 heavy (non-hydrogen) atoms.